The third kappa shape index (κ3) is 4.05. The summed E-state index contributed by atoms with van der Waals surface area (Å²) < 4.78 is 33.4. The molecule has 0 bridgehead atoms. The van der Waals surface area contributed by atoms with Crippen LogP contribution in [0.2, 0.25) is 0 Å². The highest BCUT2D eigenvalue weighted by Gasteiger charge is 2.28. The summed E-state index contributed by atoms with van der Waals surface area (Å²) in [6, 6.07) is 10.0. The van der Waals surface area contributed by atoms with E-state index in [0.717, 1.165) is 36.3 Å². The van der Waals surface area contributed by atoms with Crippen LogP contribution in [0.5, 0.6) is 0 Å². The van der Waals surface area contributed by atoms with E-state index in [0.29, 0.717) is 37.9 Å². The molecule has 1 fully saturated rings. The van der Waals surface area contributed by atoms with Crippen molar-refractivity contribution in [1.82, 2.24) is 9.97 Å². The van der Waals surface area contributed by atoms with Gasteiger partial charge in [-0.2, -0.15) is 13.4 Å². The van der Waals surface area contributed by atoms with Crippen LogP contribution in [0.3, 0.4) is 0 Å². The highest BCUT2D eigenvalue weighted by Crippen LogP contribution is 2.36. The summed E-state index contributed by atoms with van der Waals surface area (Å²) >= 11 is 0. The van der Waals surface area contributed by atoms with E-state index in [1.165, 1.54) is 0 Å². The molecule has 1 aromatic heterocycles. The maximum atomic E-state index is 11.5. The van der Waals surface area contributed by atoms with Crippen molar-refractivity contribution < 1.29 is 17.3 Å². The average Bonchev–Trinajstić information content (AvgIpc) is 3.11. The first kappa shape index (κ1) is 18.1. The van der Waals surface area contributed by atoms with E-state index < -0.39 is 10.1 Å². The molecule has 0 saturated carbocycles. The summed E-state index contributed by atoms with van der Waals surface area (Å²) in [7, 11) is -3.55. The van der Waals surface area contributed by atoms with Crippen LogP contribution in [0.25, 0.3) is 0 Å². The van der Waals surface area contributed by atoms with Crippen molar-refractivity contribution in [2.45, 2.75) is 13.0 Å². The normalized spacial score (nSPS) is 17.2. The molecule has 0 spiro atoms. The zero-order chi connectivity index (χ0) is 18.9. The minimum atomic E-state index is -3.55. The molecule has 0 unspecified atom stereocenters. The number of hydrogen-bond donors (Lipinski definition) is 0. The fourth-order valence-electron chi connectivity index (χ4n) is 3.36. The van der Waals surface area contributed by atoms with Crippen LogP contribution in [0.15, 0.2) is 30.3 Å². The number of hydrogen-bond acceptors (Lipinski definition) is 8. The molecule has 4 rings (SSSR count). The Hall–Kier alpha value is -2.23. The Morgan fingerprint density at radius 3 is 2.56 bits per heavy atom. The Kier molecular flexibility index (Phi) is 4.98. The summed E-state index contributed by atoms with van der Waals surface area (Å²) in [5.41, 5.74) is 2.63. The second-order valence-electron chi connectivity index (χ2n) is 6.58. The zero-order valence-electron chi connectivity index (χ0n) is 15.2. The minimum absolute atomic E-state index is 0.0797. The van der Waals surface area contributed by atoms with Gasteiger partial charge in [-0.1, -0.05) is 18.2 Å². The molecule has 2 aliphatic rings. The molecule has 2 aliphatic heterocycles. The summed E-state index contributed by atoms with van der Waals surface area (Å²) in [6.07, 6.45) is 1.80. The van der Waals surface area contributed by atoms with E-state index in [1.54, 1.807) is 0 Å². The first-order valence-electron chi connectivity index (χ1n) is 8.91. The van der Waals surface area contributed by atoms with Gasteiger partial charge in [-0.3, -0.25) is 4.18 Å². The number of morpholine rings is 1. The molecule has 0 atom stereocenters. The van der Waals surface area contributed by atoms with Crippen LogP contribution in [0.1, 0.15) is 11.3 Å². The van der Waals surface area contributed by atoms with Crippen molar-refractivity contribution in [2.24, 2.45) is 0 Å². The summed E-state index contributed by atoms with van der Waals surface area (Å²) in [5, 5.41) is 0. The fraction of sp³-hybridized carbons (Fsp3) is 0.444. The van der Waals surface area contributed by atoms with Gasteiger partial charge in [-0.15, -0.1) is 0 Å². The number of anilines is 3. The molecule has 27 heavy (non-hydrogen) atoms. The Bertz CT molecular complexity index is 914. The molecular formula is C18H22N4O4S. The quantitative estimate of drug-likeness (QED) is 0.710. The second-order valence-corrected chi connectivity index (χ2v) is 8.22. The van der Waals surface area contributed by atoms with E-state index in [9.17, 15) is 8.42 Å². The lowest BCUT2D eigenvalue weighted by Gasteiger charge is -2.28. The van der Waals surface area contributed by atoms with Crippen molar-refractivity contribution >= 4 is 27.6 Å². The molecule has 3 heterocycles. The van der Waals surface area contributed by atoms with Gasteiger partial charge in [0, 0.05) is 30.9 Å². The van der Waals surface area contributed by atoms with Crippen LogP contribution in [-0.2, 0) is 32.1 Å². The summed E-state index contributed by atoms with van der Waals surface area (Å²) in [6.45, 7) is 3.35. The van der Waals surface area contributed by atoms with Crippen molar-refractivity contribution in [3.8, 4) is 0 Å². The molecular weight excluding hydrogens is 368 g/mol. The zero-order valence-corrected chi connectivity index (χ0v) is 16.0. The van der Waals surface area contributed by atoms with Crippen LogP contribution in [0, 0.1) is 0 Å². The van der Waals surface area contributed by atoms with Crippen molar-refractivity contribution in [2.75, 3.05) is 48.9 Å². The third-order valence-corrected chi connectivity index (χ3v) is 5.22. The third-order valence-electron chi connectivity index (χ3n) is 4.67. The maximum absolute atomic E-state index is 11.5. The molecule has 144 valence electrons. The van der Waals surface area contributed by atoms with Crippen LogP contribution in [-0.4, -0.2) is 57.5 Å². The number of ether oxygens (including phenoxy) is 1. The highest BCUT2D eigenvalue weighted by atomic mass is 32.2. The number of rotatable bonds is 5. The van der Waals surface area contributed by atoms with Gasteiger partial charge in [0.25, 0.3) is 10.1 Å². The molecule has 0 aliphatic carbocycles. The van der Waals surface area contributed by atoms with Crippen LogP contribution >= 0.6 is 0 Å². The van der Waals surface area contributed by atoms with E-state index in [1.807, 2.05) is 30.3 Å². The maximum Gasteiger partial charge on any atom is 0.264 e. The van der Waals surface area contributed by atoms with Gasteiger partial charge < -0.3 is 14.5 Å². The SMILES string of the molecule is CS(=O)(=O)OCc1nc(N2CCOCC2)nc2c1CCN2c1ccccc1. The van der Waals surface area contributed by atoms with Gasteiger partial charge in [-0.25, -0.2) is 4.98 Å². The van der Waals surface area contributed by atoms with E-state index in [-0.39, 0.29) is 6.61 Å². The second kappa shape index (κ2) is 7.41. The van der Waals surface area contributed by atoms with Crippen LogP contribution in [0.4, 0.5) is 17.5 Å². The lowest BCUT2D eigenvalue weighted by molar-refractivity contribution is 0.122. The van der Waals surface area contributed by atoms with Crippen molar-refractivity contribution in [1.29, 1.82) is 0 Å². The predicted octanol–water partition coefficient (Wildman–Crippen LogP) is 1.48. The molecule has 1 aromatic carbocycles. The molecule has 8 nitrogen and oxygen atoms in total. The topological polar surface area (TPSA) is 84.9 Å². The first-order valence-corrected chi connectivity index (χ1v) is 10.7. The van der Waals surface area contributed by atoms with Gasteiger partial charge in [0.05, 0.1) is 25.2 Å². The molecule has 0 radical (unpaired) electrons. The standard InChI is InChI=1S/C18H22N4O4S/c1-27(23,24)26-13-16-15-7-8-22(14-5-3-2-4-6-14)17(15)20-18(19-16)21-9-11-25-12-10-21/h2-6H,7-13H2,1H3. The van der Waals surface area contributed by atoms with E-state index in [4.69, 9.17) is 13.9 Å². The van der Waals surface area contributed by atoms with Gasteiger partial charge in [-0.05, 0) is 18.6 Å². The average molecular weight is 390 g/mol. The number of para-hydroxylation sites is 1. The minimum Gasteiger partial charge on any atom is -0.378 e. The highest BCUT2D eigenvalue weighted by molar-refractivity contribution is 7.85. The Balaban J connectivity index is 1.74. The fourth-order valence-corrected chi connectivity index (χ4v) is 3.69. The molecule has 9 heteroatoms. The number of aromatic nitrogens is 2. The number of nitrogens with zero attached hydrogens (tertiary/aromatic N) is 4. The van der Waals surface area contributed by atoms with Crippen molar-refractivity contribution in [3.05, 3.63) is 41.6 Å². The molecule has 0 amide bonds. The Morgan fingerprint density at radius 2 is 1.85 bits per heavy atom. The first-order chi connectivity index (χ1) is 13.0. The van der Waals surface area contributed by atoms with E-state index >= 15 is 0 Å². The number of fused-ring (bicyclic) bond motifs is 1. The monoisotopic (exact) mass is 390 g/mol. The van der Waals surface area contributed by atoms with Gasteiger partial charge >= 0.3 is 0 Å². The number of benzene rings is 1. The summed E-state index contributed by atoms with van der Waals surface area (Å²) in [5.74, 6) is 1.41. The molecule has 1 saturated heterocycles. The smallest absolute Gasteiger partial charge is 0.264 e. The predicted molar refractivity (Wildman–Crippen MR) is 102 cm³/mol. The van der Waals surface area contributed by atoms with Crippen molar-refractivity contribution in [3.63, 3.8) is 0 Å². The molecule has 2 aromatic rings. The largest absolute Gasteiger partial charge is 0.378 e. The van der Waals surface area contributed by atoms with Gasteiger partial charge in [0.15, 0.2) is 0 Å². The van der Waals surface area contributed by atoms with E-state index in [2.05, 4.69) is 14.8 Å². The summed E-state index contributed by atoms with van der Waals surface area (Å²) in [4.78, 5) is 13.7. The van der Waals surface area contributed by atoms with Gasteiger partial charge in [0.2, 0.25) is 5.95 Å². The van der Waals surface area contributed by atoms with Crippen LogP contribution < -0.4 is 9.80 Å². The molecule has 0 N–H and O–H groups in total. The Morgan fingerprint density at radius 1 is 1.11 bits per heavy atom. The lowest BCUT2D eigenvalue weighted by atomic mass is 10.2. The lowest BCUT2D eigenvalue weighted by Crippen LogP contribution is -2.37. The van der Waals surface area contributed by atoms with Gasteiger partial charge in [0.1, 0.15) is 12.4 Å². The Labute approximate surface area is 158 Å².